The molecule has 0 aromatic heterocycles. The fourth-order valence-corrected chi connectivity index (χ4v) is 2.65. The number of rotatable bonds is 9. The fourth-order valence-electron chi connectivity index (χ4n) is 2.07. The molecule has 1 aromatic rings. The van der Waals surface area contributed by atoms with E-state index >= 15 is 0 Å². The molecule has 0 aliphatic carbocycles. The van der Waals surface area contributed by atoms with Crippen LogP contribution in [-0.2, 0) is 0 Å². The van der Waals surface area contributed by atoms with Crippen LogP contribution in [0.2, 0.25) is 0 Å². The average Bonchev–Trinajstić information content (AvgIpc) is 2.41. The van der Waals surface area contributed by atoms with Crippen molar-refractivity contribution < 1.29 is 5.11 Å². The second-order valence-electron chi connectivity index (χ2n) is 5.00. The summed E-state index contributed by atoms with van der Waals surface area (Å²) < 4.78 is 1.09. The molecule has 0 saturated carbocycles. The lowest BCUT2D eigenvalue weighted by molar-refractivity contribution is 0.270. The molecule has 108 valence electrons. The lowest BCUT2D eigenvalue weighted by atomic mass is 10.0. The number of aliphatic hydroxyl groups excluding tert-OH is 1. The van der Waals surface area contributed by atoms with E-state index in [4.69, 9.17) is 10.8 Å². The minimum atomic E-state index is 0.0791. The minimum absolute atomic E-state index is 0.0791. The van der Waals surface area contributed by atoms with E-state index in [-0.39, 0.29) is 6.04 Å². The van der Waals surface area contributed by atoms with Crippen molar-refractivity contribution in [3.63, 3.8) is 0 Å². The maximum absolute atomic E-state index is 8.73. The van der Waals surface area contributed by atoms with Gasteiger partial charge in [-0.15, -0.1) is 0 Å². The van der Waals surface area contributed by atoms with E-state index in [2.05, 4.69) is 33.9 Å². The van der Waals surface area contributed by atoms with Gasteiger partial charge in [0.15, 0.2) is 0 Å². The van der Waals surface area contributed by atoms with Gasteiger partial charge < -0.3 is 15.7 Å². The van der Waals surface area contributed by atoms with Crippen LogP contribution in [0.1, 0.15) is 37.3 Å². The summed E-state index contributed by atoms with van der Waals surface area (Å²) in [5.74, 6) is 0. The van der Waals surface area contributed by atoms with E-state index in [1.807, 2.05) is 18.2 Å². The molecule has 0 saturated heterocycles. The summed E-state index contributed by atoms with van der Waals surface area (Å²) >= 11 is 3.55. The molecule has 0 fully saturated rings. The van der Waals surface area contributed by atoms with Crippen molar-refractivity contribution in [1.82, 2.24) is 4.90 Å². The van der Waals surface area contributed by atoms with Gasteiger partial charge in [0.2, 0.25) is 0 Å². The number of nitrogens with two attached hydrogens (primary N) is 1. The second-order valence-corrected chi connectivity index (χ2v) is 5.86. The second kappa shape index (κ2) is 9.48. The Hall–Kier alpha value is -0.420. The fraction of sp³-hybridized carbons (Fsp3) is 0.600. The Labute approximate surface area is 124 Å². The maximum atomic E-state index is 8.73. The zero-order chi connectivity index (χ0) is 14.1. The van der Waals surface area contributed by atoms with Crippen molar-refractivity contribution in [2.45, 2.75) is 31.7 Å². The summed E-state index contributed by atoms with van der Waals surface area (Å²) in [4.78, 5) is 2.31. The highest BCUT2D eigenvalue weighted by Crippen LogP contribution is 2.23. The Balaban J connectivity index is 2.26. The maximum Gasteiger partial charge on any atom is 0.0431 e. The molecule has 3 nitrogen and oxygen atoms in total. The van der Waals surface area contributed by atoms with Crippen molar-refractivity contribution in [1.29, 1.82) is 0 Å². The summed E-state index contributed by atoms with van der Waals surface area (Å²) in [6.07, 6.45) is 4.10. The van der Waals surface area contributed by atoms with Crippen molar-refractivity contribution in [3.8, 4) is 0 Å². The first kappa shape index (κ1) is 16.6. The van der Waals surface area contributed by atoms with Crippen LogP contribution in [0.25, 0.3) is 0 Å². The van der Waals surface area contributed by atoms with Gasteiger partial charge in [-0.05, 0) is 57.5 Å². The van der Waals surface area contributed by atoms with E-state index in [9.17, 15) is 0 Å². The highest BCUT2D eigenvalue weighted by Gasteiger charge is 2.10. The minimum Gasteiger partial charge on any atom is -0.396 e. The third-order valence-corrected chi connectivity index (χ3v) is 4.05. The van der Waals surface area contributed by atoms with E-state index in [1.54, 1.807) is 0 Å². The van der Waals surface area contributed by atoms with Crippen LogP contribution in [0.15, 0.2) is 28.7 Å². The number of benzene rings is 1. The summed E-state index contributed by atoms with van der Waals surface area (Å²) in [6, 6.07) is 8.23. The molecule has 0 radical (unpaired) electrons. The normalized spacial score (nSPS) is 12.9. The number of aliphatic hydroxyl groups is 1. The summed E-state index contributed by atoms with van der Waals surface area (Å²) in [5.41, 5.74) is 7.41. The van der Waals surface area contributed by atoms with Gasteiger partial charge in [0.1, 0.15) is 0 Å². The number of halogens is 1. The van der Waals surface area contributed by atoms with Gasteiger partial charge >= 0.3 is 0 Å². The number of nitrogens with zero attached hydrogens (tertiary/aromatic N) is 1. The lowest BCUT2D eigenvalue weighted by Crippen LogP contribution is -2.25. The van der Waals surface area contributed by atoms with Gasteiger partial charge in [0, 0.05) is 17.1 Å². The van der Waals surface area contributed by atoms with Crippen molar-refractivity contribution in [2.24, 2.45) is 5.73 Å². The van der Waals surface area contributed by atoms with Crippen molar-refractivity contribution in [2.75, 3.05) is 26.7 Å². The average molecular weight is 329 g/mol. The molecule has 19 heavy (non-hydrogen) atoms. The molecule has 0 heterocycles. The Morgan fingerprint density at radius 3 is 2.63 bits per heavy atom. The predicted molar refractivity (Wildman–Crippen MR) is 84.1 cm³/mol. The molecule has 0 spiro atoms. The van der Waals surface area contributed by atoms with E-state index in [0.29, 0.717) is 6.61 Å². The van der Waals surface area contributed by atoms with Crippen LogP contribution in [0.5, 0.6) is 0 Å². The molecule has 3 N–H and O–H groups in total. The van der Waals surface area contributed by atoms with Crippen LogP contribution in [0.4, 0.5) is 0 Å². The first-order valence-corrected chi connectivity index (χ1v) is 7.74. The van der Waals surface area contributed by atoms with Gasteiger partial charge in [-0.25, -0.2) is 0 Å². The van der Waals surface area contributed by atoms with Crippen LogP contribution in [0.3, 0.4) is 0 Å². The van der Waals surface area contributed by atoms with Gasteiger partial charge in [-0.2, -0.15) is 0 Å². The highest BCUT2D eigenvalue weighted by atomic mass is 79.9. The number of hydrogen-bond acceptors (Lipinski definition) is 3. The Morgan fingerprint density at radius 2 is 1.95 bits per heavy atom. The predicted octanol–water partition coefficient (Wildman–Crippen LogP) is 2.93. The standard InChI is InChI=1S/C15H25BrN2O/c1-18(10-5-2-6-12-19)11-9-15(17)13-7-3-4-8-14(13)16/h3-4,7-8,15,19H,2,5-6,9-12,17H2,1H3. The van der Waals surface area contributed by atoms with Crippen LogP contribution >= 0.6 is 15.9 Å². The molecule has 0 aliphatic heterocycles. The SMILES string of the molecule is CN(CCCCCO)CCC(N)c1ccccc1Br. The van der Waals surface area contributed by atoms with Crippen LogP contribution in [-0.4, -0.2) is 36.8 Å². The zero-order valence-electron chi connectivity index (χ0n) is 11.7. The Morgan fingerprint density at radius 1 is 1.21 bits per heavy atom. The Bertz CT molecular complexity index is 360. The van der Waals surface area contributed by atoms with E-state index in [1.165, 1.54) is 5.56 Å². The number of unbranched alkanes of at least 4 members (excludes halogenated alkanes) is 2. The summed E-state index contributed by atoms with van der Waals surface area (Å²) in [5, 5.41) is 8.73. The summed E-state index contributed by atoms with van der Waals surface area (Å²) in [6.45, 7) is 2.38. The molecule has 1 unspecified atom stereocenters. The zero-order valence-corrected chi connectivity index (χ0v) is 13.3. The quantitative estimate of drug-likeness (QED) is 0.685. The smallest absolute Gasteiger partial charge is 0.0431 e. The molecule has 0 amide bonds. The molecule has 1 rings (SSSR count). The van der Waals surface area contributed by atoms with Gasteiger partial charge in [-0.1, -0.05) is 34.1 Å². The molecule has 4 heteroatoms. The third kappa shape index (κ3) is 6.52. The monoisotopic (exact) mass is 328 g/mol. The molecular weight excluding hydrogens is 304 g/mol. The third-order valence-electron chi connectivity index (χ3n) is 3.32. The van der Waals surface area contributed by atoms with Crippen molar-refractivity contribution in [3.05, 3.63) is 34.3 Å². The molecule has 0 bridgehead atoms. The molecule has 1 atom stereocenters. The molecule has 1 aromatic carbocycles. The van der Waals surface area contributed by atoms with Crippen LogP contribution < -0.4 is 5.73 Å². The Kier molecular flexibility index (Phi) is 8.30. The highest BCUT2D eigenvalue weighted by molar-refractivity contribution is 9.10. The van der Waals surface area contributed by atoms with Crippen LogP contribution in [0, 0.1) is 0 Å². The molecular formula is C15H25BrN2O. The lowest BCUT2D eigenvalue weighted by Gasteiger charge is -2.20. The van der Waals surface area contributed by atoms with Crippen molar-refractivity contribution >= 4 is 15.9 Å². The van der Waals surface area contributed by atoms with Gasteiger partial charge in [0.25, 0.3) is 0 Å². The largest absolute Gasteiger partial charge is 0.396 e. The van der Waals surface area contributed by atoms with E-state index < -0.39 is 0 Å². The summed E-state index contributed by atoms with van der Waals surface area (Å²) in [7, 11) is 2.13. The molecule has 0 aliphatic rings. The topological polar surface area (TPSA) is 49.5 Å². The first-order chi connectivity index (χ1) is 9.15. The first-order valence-electron chi connectivity index (χ1n) is 6.94. The van der Waals surface area contributed by atoms with E-state index in [0.717, 1.165) is 43.2 Å². The van der Waals surface area contributed by atoms with Gasteiger partial charge in [0.05, 0.1) is 0 Å². The van der Waals surface area contributed by atoms with Gasteiger partial charge in [-0.3, -0.25) is 0 Å². The number of hydrogen-bond donors (Lipinski definition) is 2.